The van der Waals surface area contributed by atoms with Crippen LogP contribution in [0.3, 0.4) is 0 Å². The Balaban J connectivity index is 0.000000129. The van der Waals surface area contributed by atoms with Crippen molar-refractivity contribution >= 4 is 97.7 Å². The SMILES string of the molecule is c1ccc(-c2ccc3c(c2)c2ccccc2n3-c2ccc3c(c2)c2ccccc2n3-c2cc3c4c(cccc4c2)-c2ccccc2-3)cc1.c1ccc(-n2c3ccccc3c3c4ccc(-c5cc6c7c(cccc7c5)-c5ccccc5-6)cc4ccc32)cc1. The van der Waals surface area contributed by atoms with Crippen LogP contribution in [0.5, 0.6) is 0 Å². The number of rotatable bonds is 5. The zero-order chi connectivity index (χ0) is 56.8. The van der Waals surface area contributed by atoms with Gasteiger partial charge in [0.15, 0.2) is 0 Å². The van der Waals surface area contributed by atoms with E-state index in [0.717, 1.165) is 0 Å². The van der Waals surface area contributed by atoms with Crippen molar-refractivity contribution in [3.63, 3.8) is 0 Å². The number of nitrogens with zero attached hydrogens (tertiary/aromatic N) is 3. The molecule has 0 aliphatic heterocycles. The van der Waals surface area contributed by atoms with E-state index >= 15 is 0 Å². The first-order chi connectivity index (χ1) is 43.2. The summed E-state index contributed by atoms with van der Waals surface area (Å²) in [4.78, 5) is 0. The number of fused-ring (bicyclic) bond motifs is 17. The Bertz CT molecular complexity index is 5930. The minimum Gasteiger partial charge on any atom is -0.309 e. The van der Waals surface area contributed by atoms with E-state index in [4.69, 9.17) is 0 Å². The third kappa shape index (κ3) is 7.06. The molecule has 0 fully saturated rings. The van der Waals surface area contributed by atoms with Crippen molar-refractivity contribution in [2.75, 3.05) is 0 Å². The summed E-state index contributed by atoms with van der Waals surface area (Å²) in [5.41, 5.74) is 26.5. The minimum atomic E-state index is 1.17. The van der Waals surface area contributed by atoms with E-state index in [0.29, 0.717) is 0 Å². The van der Waals surface area contributed by atoms with Gasteiger partial charge in [-0.1, -0.05) is 212 Å². The maximum absolute atomic E-state index is 2.45. The molecular formula is C84H51N3. The molecule has 87 heavy (non-hydrogen) atoms. The summed E-state index contributed by atoms with van der Waals surface area (Å²) in [6, 6.07) is 114. The minimum absolute atomic E-state index is 1.17. The fourth-order valence-corrected chi connectivity index (χ4v) is 15.2. The Morgan fingerprint density at radius 1 is 0.161 bits per heavy atom. The van der Waals surface area contributed by atoms with Crippen molar-refractivity contribution < 1.29 is 0 Å². The molecule has 20 rings (SSSR count). The second kappa shape index (κ2) is 18.5. The van der Waals surface area contributed by atoms with Crippen LogP contribution >= 0.6 is 0 Å². The molecule has 3 aromatic heterocycles. The molecule has 0 amide bonds. The largest absolute Gasteiger partial charge is 0.309 e. The average molecular weight is 1100 g/mol. The summed E-state index contributed by atoms with van der Waals surface area (Å²) in [7, 11) is 0. The zero-order valence-electron chi connectivity index (χ0n) is 47.3. The maximum atomic E-state index is 2.45. The van der Waals surface area contributed by atoms with Crippen molar-refractivity contribution in [2.45, 2.75) is 0 Å². The fraction of sp³-hybridized carbons (Fsp3) is 0. The van der Waals surface area contributed by atoms with Crippen LogP contribution in [0.15, 0.2) is 309 Å². The lowest BCUT2D eigenvalue weighted by Crippen LogP contribution is -1.96. The van der Waals surface area contributed by atoms with E-state index < -0.39 is 0 Å². The first-order valence-corrected chi connectivity index (χ1v) is 30.1. The number of para-hydroxylation sites is 4. The molecule has 3 heterocycles. The van der Waals surface area contributed by atoms with Crippen molar-refractivity contribution in [2.24, 2.45) is 0 Å². The van der Waals surface area contributed by atoms with Crippen LogP contribution in [-0.2, 0) is 0 Å². The van der Waals surface area contributed by atoms with Crippen molar-refractivity contribution in [3.05, 3.63) is 309 Å². The van der Waals surface area contributed by atoms with Crippen LogP contribution in [0, 0.1) is 0 Å². The van der Waals surface area contributed by atoms with Crippen LogP contribution in [0.25, 0.3) is 182 Å². The maximum Gasteiger partial charge on any atom is 0.0547 e. The molecule has 18 aromatic rings. The van der Waals surface area contributed by atoms with Crippen LogP contribution in [0.4, 0.5) is 0 Å². The van der Waals surface area contributed by atoms with E-state index in [9.17, 15) is 0 Å². The highest BCUT2D eigenvalue weighted by Crippen LogP contribution is 2.51. The third-order valence-electron chi connectivity index (χ3n) is 18.9. The van der Waals surface area contributed by atoms with Gasteiger partial charge in [-0.2, -0.15) is 0 Å². The fourth-order valence-electron chi connectivity index (χ4n) is 15.2. The first kappa shape index (κ1) is 47.9. The van der Waals surface area contributed by atoms with Crippen LogP contribution < -0.4 is 0 Å². The summed E-state index contributed by atoms with van der Waals surface area (Å²) in [6.45, 7) is 0. The van der Waals surface area contributed by atoms with Crippen LogP contribution in [0.2, 0.25) is 0 Å². The van der Waals surface area contributed by atoms with Crippen LogP contribution in [-0.4, -0.2) is 13.7 Å². The lowest BCUT2D eigenvalue weighted by molar-refractivity contribution is 1.17. The number of hydrogen-bond donors (Lipinski definition) is 0. The quantitative estimate of drug-likeness (QED) is 0.163. The number of hydrogen-bond acceptors (Lipinski definition) is 0. The van der Waals surface area contributed by atoms with Crippen LogP contribution in [0.1, 0.15) is 0 Å². The molecule has 0 saturated carbocycles. The number of benzene rings is 15. The lowest BCUT2D eigenvalue weighted by atomic mass is 9.94. The summed E-state index contributed by atoms with van der Waals surface area (Å²) in [6.07, 6.45) is 0. The van der Waals surface area contributed by atoms with Gasteiger partial charge in [0.05, 0.1) is 33.1 Å². The van der Waals surface area contributed by atoms with Gasteiger partial charge in [0, 0.05) is 49.4 Å². The van der Waals surface area contributed by atoms with E-state index in [2.05, 4.69) is 323 Å². The molecule has 0 N–H and O–H groups in total. The second-order valence-electron chi connectivity index (χ2n) is 23.5. The van der Waals surface area contributed by atoms with Crippen molar-refractivity contribution in [1.82, 2.24) is 13.7 Å². The topological polar surface area (TPSA) is 14.8 Å². The molecule has 402 valence electrons. The van der Waals surface area contributed by atoms with E-state index in [1.54, 1.807) is 0 Å². The van der Waals surface area contributed by atoms with Gasteiger partial charge in [0.2, 0.25) is 0 Å². The first-order valence-electron chi connectivity index (χ1n) is 30.1. The predicted molar refractivity (Wildman–Crippen MR) is 368 cm³/mol. The second-order valence-corrected chi connectivity index (χ2v) is 23.5. The monoisotopic (exact) mass is 1100 g/mol. The van der Waals surface area contributed by atoms with Gasteiger partial charge in [-0.3, -0.25) is 0 Å². The highest BCUT2D eigenvalue weighted by atomic mass is 15.0. The normalized spacial score (nSPS) is 12.1. The molecule has 15 aromatic carbocycles. The molecule has 3 nitrogen and oxygen atoms in total. The molecule has 2 aliphatic rings. The van der Waals surface area contributed by atoms with Gasteiger partial charge in [-0.15, -0.1) is 0 Å². The highest BCUT2D eigenvalue weighted by Gasteiger charge is 2.25. The zero-order valence-corrected chi connectivity index (χ0v) is 47.3. The molecule has 0 radical (unpaired) electrons. The Morgan fingerprint density at radius 2 is 0.621 bits per heavy atom. The van der Waals surface area contributed by atoms with Crippen molar-refractivity contribution in [3.8, 4) is 83.8 Å². The number of aromatic nitrogens is 3. The Morgan fingerprint density at radius 3 is 1.30 bits per heavy atom. The molecule has 0 atom stereocenters. The van der Waals surface area contributed by atoms with Gasteiger partial charge in [0.25, 0.3) is 0 Å². The summed E-state index contributed by atoms with van der Waals surface area (Å²) < 4.78 is 7.27. The Hall–Kier alpha value is -11.5. The molecule has 0 saturated heterocycles. The molecular weight excluding hydrogens is 1050 g/mol. The van der Waals surface area contributed by atoms with Crippen molar-refractivity contribution in [1.29, 1.82) is 0 Å². The summed E-state index contributed by atoms with van der Waals surface area (Å²) >= 11 is 0. The van der Waals surface area contributed by atoms with Gasteiger partial charge in [-0.25, -0.2) is 0 Å². The Labute approximate surface area is 501 Å². The average Bonchev–Trinajstić information content (AvgIpc) is 1.88. The molecule has 0 bridgehead atoms. The van der Waals surface area contributed by atoms with E-state index in [1.807, 2.05) is 0 Å². The van der Waals surface area contributed by atoms with Gasteiger partial charge >= 0.3 is 0 Å². The third-order valence-corrected chi connectivity index (χ3v) is 18.9. The standard InChI is InChI=1S/C46H28N2.C38H23N/c1-2-11-29(12-3-1)30-21-23-44-39(26-30)36-16-6-8-19-42(36)47(44)32-22-24-45-40(27-32)37-17-7-9-20-43(37)48(45)33-25-31-13-10-18-38-34-14-4-5-15-35(34)41(28-33)46(31)38;1-2-10-28(11-3-1)39-35-16-7-6-14-33(35)38-29-19-17-24(21-25(29)18-20-36(38)39)27-22-26-9-8-15-32-30-12-4-5-13-31(30)34(23-27)37(26)32/h1-28H;1-23H. The lowest BCUT2D eigenvalue weighted by Gasteiger charge is -2.13. The summed E-state index contributed by atoms with van der Waals surface area (Å²) in [5, 5.41) is 15.5. The molecule has 3 heteroatoms. The molecule has 2 aliphatic carbocycles. The van der Waals surface area contributed by atoms with Gasteiger partial charge in [-0.05, 0) is 196 Å². The molecule has 0 spiro atoms. The Kier molecular flexibility index (Phi) is 10.2. The molecule has 0 unspecified atom stereocenters. The van der Waals surface area contributed by atoms with E-state index in [1.165, 1.54) is 182 Å². The summed E-state index contributed by atoms with van der Waals surface area (Å²) in [5.74, 6) is 0. The van der Waals surface area contributed by atoms with Gasteiger partial charge < -0.3 is 13.7 Å². The highest BCUT2D eigenvalue weighted by molar-refractivity contribution is 6.23. The smallest absolute Gasteiger partial charge is 0.0547 e. The van der Waals surface area contributed by atoms with Gasteiger partial charge in [0.1, 0.15) is 0 Å². The predicted octanol–water partition coefficient (Wildman–Crippen LogP) is 22.8. The van der Waals surface area contributed by atoms with E-state index in [-0.39, 0.29) is 0 Å².